The molecule has 68 valence electrons. The zero-order valence-electron chi connectivity index (χ0n) is 7.19. The summed E-state index contributed by atoms with van der Waals surface area (Å²) in [6.45, 7) is 2.07. The van der Waals surface area contributed by atoms with Gasteiger partial charge >= 0.3 is 0 Å². The van der Waals surface area contributed by atoms with Crippen molar-refractivity contribution in [3.63, 3.8) is 0 Å². The number of aromatic amines is 1. The molecule has 2 rings (SSSR count). The molecule has 2 aromatic heterocycles. The molecule has 1 N–H and O–H groups in total. The number of hydrogen-bond donors (Lipinski definition) is 1. The highest BCUT2D eigenvalue weighted by atomic mass is 16.3. The van der Waals surface area contributed by atoms with E-state index in [9.17, 15) is 0 Å². The Hall–Kier alpha value is -1.72. The van der Waals surface area contributed by atoms with Crippen molar-refractivity contribution in [3.05, 3.63) is 12.2 Å². The predicted molar refractivity (Wildman–Crippen MR) is 43.7 cm³/mol. The van der Waals surface area contributed by atoms with Gasteiger partial charge in [-0.05, 0) is 11.6 Å². The molecule has 0 bridgehead atoms. The minimum Gasteiger partial charge on any atom is -0.448 e. The lowest BCUT2D eigenvalue weighted by atomic mass is 10.3. The first-order valence-electron chi connectivity index (χ1n) is 4.08. The second-order valence-electron chi connectivity index (χ2n) is 2.61. The van der Waals surface area contributed by atoms with E-state index in [2.05, 4.69) is 32.5 Å². The highest BCUT2D eigenvalue weighted by Crippen LogP contribution is 2.12. The number of nitrogens with one attached hydrogen (secondary N) is 1. The van der Waals surface area contributed by atoms with Gasteiger partial charge in [0.15, 0.2) is 11.6 Å². The lowest BCUT2D eigenvalue weighted by Crippen LogP contribution is -1.84. The number of H-pyrrole nitrogens is 1. The maximum atomic E-state index is 5.20. The Morgan fingerprint density at radius 2 is 2.46 bits per heavy atom. The van der Waals surface area contributed by atoms with Gasteiger partial charge in [-0.3, -0.25) is 0 Å². The summed E-state index contributed by atoms with van der Waals surface area (Å²) in [5.41, 5.74) is 0.622. The van der Waals surface area contributed by atoms with Crippen molar-refractivity contribution < 1.29 is 4.42 Å². The van der Waals surface area contributed by atoms with Crippen LogP contribution in [0.1, 0.15) is 19.2 Å². The van der Waals surface area contributed by atoms with E-state index in [1.54, 1.807) is 0 Å². The molecule has 0 aliphatic heterocycles. The maximum absolute atomic E-state index is 5.20. The number of oxazole rings is 1. The van der Waals surface area contributed by atoms with E-state index in [-0.39, 0.29) is 0 Å². The molecule has 0 aliphatic rings. The van der Waals surface area contributed by atoms with Crippen molar-refractivity contribution in [1.29, 1.82) is 0 Å². The Morgan fingerprint density at radius 1 is 1.54 bits per heavy atom. The zero-order valence-corrected chi connectivity index (χ0v) is 7.19. The first-order chi connectivity index (χ1) is 6.40. The van der Waals surface area contributed by atoms with Gasteiger partial charge in [0, 0.05) is 6.42 Å². The van der Waals surface area contributed by atoms with Crippen LogP contribution in [0.5, 0.6) is 0 Å². The van der Waals surface area contributed by atoms with Crippen LogP contribution < -0.4 is 0 Å². The summed E-state index contributed by atoms with van der Waals surface area (Å²) in [5.74, 6) is 1.17. The Kier molecular flexibility index (Phi) is 2.03. The van der Waals surface area contributed by atoms with E-state index in [0.29, 0.717) is 17.4 Å². The number of rotatable bonds is 3. The standard InChI is InChI=1S/C7H9N5O/c1-2-3-6-8-5(4-13-6)7-9-11-12-10-7/h4H,2-3H2,1H3,(H,9,10,11,12). The molecular formula is C7H9N5O. The summed E-state index contributed by atoms with van der Waals surface area (Å²) in [6, 6.07) is 0. The monoisotopic (exact) mass is 179 g/mol. The molecule has 0 aromatic carbocycles. The van der Waals surface area contributed by atoms with Crippen LogP contribution >= 0.6 is 0 Å². The van der Waals surface area contributed by atoms with Crippen molar-refractivity contribution in [3.8, 4) is 11.5 Å². The van der Waals surface area contributed by atoms with Crippen LogP contribution in [0.15, 0.2) is 10.7 Å². The smallest absolute Gasteiger partial charge is 0.226 e. The fraction of sp³-hybridized carbons (Fsp3) is 0.429. The van der Waals surface area contributed by atoms with E-state index in [1.165, 1.54) is 6.26 Å². The van der Waals surface area contributed by atoms with Crippen molar-refractivity contribution >= 4 is 0 Å². The molecule has 0 unspecified atom stereocenters. The number of hydrogen-bond acceptors (Lipinski definition) is 5. The Morgan fingerprint density at radius 3 is 3.15 bits per heavy atom. The third kappa shape index (κ3) is 1.56. The molecular weight excluding hydrogens is 170 g/mol. The fourth-order valence-electron chi connectivity index (χ4n) is 1.01. The van der Waals surface area contributed by atoms with Gasteiger partial charge in [-0.1, -0.05) is 6.92 Å². The molecule has 0 atom stereocenters. The van der Waals surface area contributed by atoms with Gasteiger partial charge in [0.2, 0.25) is 5.82 Å². The molecule has 0 amide bonds. The van der Waals surface area contributed by atoms with Crippen molar-refractivity contribution in [1.82, 2.24) is 25.6 Å². The van der Waals surface area contributed by atoms with Crippen molar-refractivity contribution in [2.45, 2.75) is 19.8 Å². The summed E-state index contributed by atoms with van der Waals surface area (Å²) in [5, 5.41) is 13.4. The zero-order chi connectivity index (χ0) is 9.10. The summed E-state index contributed by atoms with van der Waals surface area (Å²) in [4.78, 5) is 4.19. The fourth-order valence-corrected chi connectivity index (χ4v) is 1.01. The van der Waals surface area contributed by atoms with Gasteiger partial charge in [0.1, 0.15) is 6.26 Å². The van der Waals surface area contributed by atoms with Gasteiger partial charge in [-0.15, -0.1) is 10.2 Å². The summed E-state index contributed by atoms with van der Waals surface area (Å²) in [6.07, 6.45) is 3.37. The topological polar surface area (TPSA) is 80.5 Å². The van der Waals surface area contributed by atoms with Crippen LogP contribution in [-0.2, 0) is 6.42 Å². The van der Waals surface area contributed by atoms with Crippen molar-refractivity contribution in [2.75, 3.05) is 0 Å². The maximum Gasteiger partial charge on any atom is 0.226 e. The second-order valence-corrected chi connectivity index (χ2v) is 2.61. The average molecular weight is 179 g/mol. The third-order valence-electron chi connectivity index (χ3n) is 1.59. The number of tetrazole rings is 1. The van der Waals surface area contributed by atoms with Gasteiger partial charge in [-0.25, -0.2) is 4.98 Å². The Balaban J connectivity index is 2.23. The SMILES string of the molecule is CCCc1nc(-c2nn[nH]n2)co1. The molecule has 0 saturated carbocycles. The van der Waals surface area contributed by atoms with Gasteiger partial charge in [-0.2, -0.15) is 5.21 Å². The molecule has 2 aromatic rings. The van der Waals surface area contributed by atoms with E-state index < -0.39 is 0 Å². The molecule has 6 nitrogen and oxygen atoms in total. The van der Waals surface area contributed by atoms with Crippen LogP contribution in [0.3, 0.4) is 0 Å². The largest absolute Gasteiger partial charge is 0.448 e. The van der Waals surface area contributed by atoms with Gasteiger partial charge < -0.3 is 4.42 Å². The first kappa shape index (κ1) is 7.90. The Labute approximate surface area is 74.4 Å². The lowest BCUT2D eigenvalue weighted by Gasteiger charge is -1.85. The lowest BCUT2D eigenvalue weighted by molar-refractivity contribution is 0.491. The van der Waals surface area contributed by atoms with Crippen LogP contribution in [0.25, 0.3) is 11.5 Å². The van der Waals surface area contributed by atoms with E-state index in [1.807, 2.05) is 0 Å². The quantitative estimate of drug-likeness (QED) is 0.753. The number of aryl methyl sites for hydroxylation is 1. The molecule has 0 aliphatic carbocycles. The molecule has 2 heterocycles. The molecule has 6 heteroatoms. The summed E-state index contributed by atoms with van der Waals surface area (Å²) in [7, 11) is 0. The normalized spacial score (nSPS) is 10.5. The second kappa shape index (κ2) is 3.34. The van der Waals surface area contributed by atoms with Crippen LogP contribution in [0.4, 0.5) is 0 Å². The first-order valence-corrected chi connectivity index (χ1v) is 4.08. The van der Waals surface area contributed by atoms with E-state index >= 15 is 0 Å². The van der Waals surface area contributed by atoms with Crippen LogP contribution in [-0.4, -0.2) is 25.6 Å². The van der Waals surface area contributed by atoms with Gasteiger partial charge in [0.25, 0.3) is 0 Å². The summed E-state index contributed by atoms with van der Waals surface area (Å²) >= 11 is 0. The molecule has 0 spiro atoms. The third-order valence-corrected chi connectivity index (χ3v) is 1.59. The molecule has 0 radical (unpaired) electrons. The van der Waals surface area contributed by atoms with E-state index in [0.717, 1.165) is 12.8 Å². The number of aromatic nitrogens is 5. The van der Waals surface area contributed by atoms with Crippen molar-refractivity contribution in [2.24, 2.45) is 0 Å². The summed E-state index contributed by atoms with van der Waals surface area (Å²) < 4.78 is 5.20. The molecule has 0 fully saturated rings. The minimum atomic E-state index is 0.464. The highest BCUT2D eigenvalue weighted by molar-refractivity contribution is 5.44. The van der Waals surface area contributed by atoms with E-state index in [4.69, 9.17) is 4.42 Å². The highest BCUT2D eigenvalue weighted by Gasteiger charge is 2.08. The molecule has 13 heavy (non-hydrogen) atoms. The molecule has 0 saturated heterocycles. The Bertz CT molecular complexity index is 366. The minimum absolute atomic E-state index is 0.464. The average Bonchev–Trinajstić information content (AvgIpc) is 2.70. The number of nitrogens with zero attached hydrogens (tertiary/aromatic N) is 4. The van der Waals surface area contributed by atoms with Crippen LogP contribution in [0.2, 0.25) is 0 Å². The van der Waals surface area contributed by atoms with Gasteiger partial charge in [0.05, 0.1) is 0 Å². The predicted octanol–water partition coefficient (Wildman–Crippen LogP) is 0.807. The van der Waals surface area contributed by atoms with Crippen LogP contribution in [0, 0.1) is 0 Å².